The molecule has 0 aromatic heterocycles. The van der Waals surface area contributed by atoms with Crippen LogP contribution in [0.1, 0.15) is 33.1 Å². The van der Waals surface area contributed by atoms with Gasteiger partial charge in [-0.1, -0.05) is 20.3 Å². The SMILES string of the molecule is CC1(C)CCCC1N1CCN(C2CNC2)CC1. The fourth-order valence-electron chi connectivity index (χ4n) is 3.93. The lowest BCUT2D eigenvalue weighted by molar-refractivity contribution is 0.0264. The third-order valence-electron chi connectivity index (χ3n) is 5.27. The Kier molecular flexibility index (Phi) is 3.18. The summed E-state index contributed by atoms with van der Waals surface area (Å²) < 4.78 is 0. The summed E-state index contributed by atoms with van der Waals surface area (Å²) >= 11 is 0. The van der Waals surface area contributed by atoms with E-state index in [0.717, 1.165) is 12.1 Å². The van der Waals surface area contributed by atoms with Crippen molar-refractivity contribution in [3.05, 3.63) is 0 Å². The zero-order chi connectivity index (χ0) is 11.9. The third-order valence-corrected chi connectivity index (χ3v) is 5.27. The van der Waals surface area contributed by atoms with Gasteiger partial charge in [0.15, 0.2) is 0 Å². The highest BCUT2D eigenvalue weighted by Gasteiger charge is 2.39. The number of rotatable bonds is 2. The molecule has 0 radical (unpaired) electrons. The number of nitrogens with zero attached hydrogens (tertiary/aromatic N) is 2. The van der Waals surface area contributed by atoms with Crippen LogP contribution in [-0.2, 0) is 0 Å². The van der Waals surface area contributed by atoms with Gasteiger partial charge in [0.25, 0.3) is 0 Å². The van der Waals surface area contributed by atoms with Gasteiger partial charge in [0.05, 0.1) is 0 Å². The molecule has 3 rings (SSSR count). The standard InChI is InChI=1S/C14H27N3/c1-14(2)5-3-4-13(14)17-8-6-16(7-9-17)12-10-15-11-12/h12-13,15H,3-11H2,1-2H3. The van der Waals surface area contributed by atoms with Gasteiger partial charge in [0.2, 0.25) is 0 Å². The van der Waals surface area contributed by atoms with Gasteiger partial charge < -0.3 is 5.32 Å². The van der Waals surface area contributed by atoms with Crippen LogP contribution in [0.3, 0.4) is 0 Å². The van der Waals surface area contributed by atoms with Gasteiger partial charge in [-0.25, -0.2) is 0 Å². The van der Waals surface area contributed by atoms with Crippen molar-refractivity contribution < 1.29 is 0 Å². The van der Waals surface area contributed by atoms with E-state index in [4.69, 9.17) is 0 Å². The van der Waals surface area contributed by atoms with Gasteiger partial charge in [0, 0.05) is 51.4 Å². The molecule has 0 bridgehead atoms. The molecule has 2 saturated heterocycles. The van der Waals surface area contributed by atoms with Crippen molar-refractivity contribution in [1.82, 2.24) is 15.1 Å². The largest absolute Gasteiger partial charge is 0.314 e. The second kappa shape index (κ2) is 4.52. The minimum absolute atomic E-state index is 0.556. The van der Waals surface area contributed by atoms with Crippen molar-refractivity contribution in [3.8, 4) is 0 Å². The fraction of sp³-hybridized carbons (Fsp3) is 1.00. The lowest BCUT2D eigenvalue weighted by Gasteiger charge is -2.47. The Bertz CT molecular complexity index is 265. The van der Waals surface area contributed by atoms with Gasteiger partial charge in [-0.05, 0) is 18.3 Å². The molecule has 3 aliphatic rings. The molecule has 1 aliphatic carbocycles. The summed E-state index contributed by atoms with van der Waals surface area (Å²) in [6.45, 7) is 12.5. The van der Waals surface area contributed by atoms with Gasteiger partial charge in [0.1, 0.15) is 0 Å². The predicted molar refractivity (Wildman–Crippen MR) is 71.2 cm³/mol. The summed E-state index contributed by atoms with van der Waals surface area (Å²) in [6.07, 6.45) is 4.28. The van der Waals surface area contributed by atoms with Crippen LogP contribution >= 0.6 is 0 Å². The Morgan fingerprint density at radius 2 is 1.65 bits per heavy atom. The van der Waals surface area contributed by atoms with E-state index in [2.05, 4.69) is 29.0 Å². The Hall–Kier alpha value is -0.120. The van der Waals surface area contributed by atoms with Crippen LogP contribution in [0, 0.1) is 5.41 Å². The molecule has 0 amide bonds. The van der Waals surface area contributed by atoms with Crippen molar-refractivity contribution in [2.45, 2.75) is 45.2 Å². The van der Waals surface area contributed by atoms with E-state index in [1.165, 1.54) is 58.5 Å². The Balaban J connectivity index is 1.54. The van der Waals surface area contributed by atoms with Crippen LogP contribution in [0.2, 0.25) is 0 Å². The molecule has 0 spiro atoms. The molecular weight excluding hydrogens is 210 g/mol. The summed E-state index contributed by atoms with van der Waals surface area (Å²) in [4.78, 5) is 5.46. The minimum atomic E-state index is 0.556. The first-order chi connectivity index (χ1) is 8.17. The van der Waals surface area contributed by atoms with Crippen LogP contribution in [0.15, 0.2) is 0 Å². The highest BCUT2D eigenvalue weighted by Crippen LogP contribution is 2.40. The molecule has 2 heterocycles. The molecule has 3 fully saturated rings. The molecule has 3 nitrogen and oxygen atoms in total. The molecule has 1 N–H and O–H groups in total. The van der Waals surface area contributed by atoms with E-state index in [0.29, 0.717) is 5.41 Å². The molecule has 1 unspecified atom stereocenters. The smallest absolute Gasteiger partial charge is 0.0346 e. The van der Waals surface area contributed by atoms with Crippen molar-refractivity contribution in [2.75, 3.05) is 39.3 Å². The minimum Gasteiger partial charge on any atom is -0.314 e. The van der Waals surface area contributed by atoms with Gasteiger partial charge in [-0.2, -0.15) is 0 Å². The first kappa shape index (κ1) is 11.9. The third kappa shape index (κ3) is 2.25. The van der Waals surface area contributed by atoms with Crippen LogP contribution in [0.25, 0.3) is 0 Å². The maximum absolute atomic E-state index is 3.38. The van der Waals surface area contributed by atoms with E-state index in [1.54, 1.807) is 0 Å². The zero-order valence-electron chi connectivity index (χ0n) is 11.4. The average Bonchev–Trinajstić information content (AvgIpc) is 2.57. The lowest BCUT2D eigenvalue weighted by Crippen LogP contribution is -2.62. The number of nitrogens with one attached hydrogen (secondary N) is 1. The fourth-order valence-corrected chi connectivity index (χ4v) is 3.93. The first-order valence-corrected chi connectivity index (χ1v) is 7.36. The topological polar surface area (TPSA) is 18.5 Å². The molecule has 1 atom stereocenters. The molecule has 0 aromatic rings. The molecule has 0 aromatic carbocycles. The lowest BCUT2D eigenvalue weighted by atomic mass is 9.86. The zero-order valence-corrected chi connectivity index (χ0v) is 11.4. The second-order valence-electron chi connectivity index (χ2n) is 6.78. The molecule has 1 saturated carbocycles. The maximum Gasteiger partial charge on any atom is 0.0346 e. The van der Waals surface area contributed by atoms with E-state index in [-0.39, 0.29) is 0 Å². The van der Waals surface area contributed by atoms with Crippen molar-refractivity contribution in [3.63, 3.8) is 0 Å². The second-order valence-corrected chi connectivity index (χ2v) is 6.78. The number of hydrogen-bond acceptors (Lipinski definition) is 3. The van der Waals surface area contributed by atoms with Crippen LogP contribution < -0.4 is 5.32 Å². The van der Waals surface area contributed by atoms with Gasteiger partial charge >= 0.3 is 0 Å². The summed E-state index contributed by atoms with van der Waals surface area (Å²) in [5.41, 5.74) is 0.556. The molecule has 17 heavy (non-hydrogen) atoms. The molecule has 3 heteroatoms. The van der Waals surface area contributed by atoms with Gasteiger partial charge in [-0.15, -0.1) is 0 Å². The van der Waals surface area contributed by atoms with E-state index in [9.17, 15) is 0 Å². The Labute approximate surface area is 106 Å². The van der Waals surface area contributed by atoms with Crippen LogP contribution in [-0.4, -0.2) is 61.2 Å². The van der Waals surface area contributed by atoms with Crippen molar-refractivity contribution >= 4 is 0 Å². The quantitative estimate of drug-likeness (QED) is 0.777. The monoisotopic (exact) mass is 237 g/mol. The van der Waals surface area contributed by atoms with E-state index in [1.807, 2.05) is 0 Å². The summed E-state index contributed by atoms with van der Waals surface area (Å²) in [7, 11) is 0. The van der Waals surface area contributed by atoms with Crippen molar-refractivity contribution in [1.29, 1.82) is 0 Å². The van der Waals surface area contributed by atoms with Crippen LogP contribution in [0.5, 0.6) is 0 Å². The average molecular weight is 237 g/mol. The number of piperazine rings is 1. The maximum atomic E-state index is 3.38. The Morgan fingerprint density at radius 3 is 2.12 bits per heavy atom. The molecule has 98 valence electrons. The predicted octanol–water partition coefficient (Wildman–Crippen LogP) is 1.15. The number of hydrogen-bond donors (Lipinski definition) is 1. The summed E-state index contributed by atoms with van der Waals surface area (Å²) in [5.74, 6) is 0. The van der Waals surface area contributed by atoms with Crippen molar-refractivity contribution in [2.24, 2.45) is 5.41 Å². The summed E-state index contributed by atoms with van der Waals surface area (Å²) in [5, 5.41) is 3.38. The van der Waals surface area contributed by atoms with E-state index < -0.39 is 0 Å². The van der Waals surface area contributed by atoms with Gasteiger partial charge in [-0.3, -0.25) is 9.80 Å². The van der Waals surface area contributed by atoms with E-state index >= 15 is 0 Å². The highest BCUT2D eigenvalue weighted by molar-refractivity contribution is 4.95. The highest BCUT2D eigenvalue weighted by atomic mass is 15.3. The molecule has 2 aliphatic heterocycles. The van der Waals surface area contributed by atoms with Crippen LogP contribution in [0.4, 0.5) is 0 Å². The summed E-state index contributed by atoms with van der Waals surface area (Å²) in [6, 6.07) is 1.69. The normalized spacial score (nSPS) is 36.0. The molecular formula is C14H27N3. The first-order valence-electron chi connectivity index (χ1n) is 7.36. The Morgan fingerprint density at radius 1 is 1.00 bits per heavy atom.